The van der Waals surface area contributed by atoms with Gasteiger partial charge in [-0.25, -0.2) is 0 Å². The predicted molar refractivity (Wildman–Crippen MR) is 87.2 cm³/mol. The van der Waals surface area contributed by atoms with Gasteiger partial charge in [0.05, 0.1) is 6.54 Å². The fraction of sp³-hybridized carbons (Fsp3) is 0.750. The Morgan fingerprint density at radius 3 is 2.70 bits per heavy atom. The van der Waals surface area contributed by atoms with Crippen LogP contribution in [0.1, 0.15) is 52.1 Å². The van der Waals surface area contributed by atoms with Crippen molar-refractivity contribution in [3.05, 3.63) is 23.7 Å². The van der Waals surface area contributed by atoms with Crippen LogP contribution >= 0.6 is 11.8 Å². The van der Waals surface area contributed by atoms with Gasteiger partial charge in [-0.1, -0.05) is 34.1 Å². The number of hydrogen-bond donors (Lipinski definition) is 1. The maximum atomic E-state index is 5.72. The van der Waals surface area contributed by atoms with E-state index in [1.807, 2.05) is 23.9 Å². The van der Waals surface area contributed by atoms with Crippen molar-refractivity contribution in [2.24, 2.45) is 0 Å². The molecule has 3 nitrogen and oxygen atoms in total. The minimum atomic E-state index is 0.343. The third-order valence-corrected chi connectivity index (χ3v) is 3.99. The summed E-state index contributed by atoms with van der Waals surface area (Å²) >= 11 is 1.98. The summed E-state index contributed by atoms with van der Waals surface area (Å²) in [6.07, 6.45) is 2.28. The summed E-state index contributed by atoms with van der Waals surface area (Å²) in [5, 5.41) is 3.41. The first-order valence-electron chi connectivity index (χ1n) is 7.51. The average molecular weight is 299 g/mol. The van der Waals surface area contributed by atoms with Crippen LogP contribution in [0, 0.1) is 0 Å². The van der Waals surface area contributed by atoms with Gasteiger partial charge < -0.3 is 14.5 Å². The van der Waals surface area contributed by atoms with E-state index in [1.54, 1.807) is 0 Å². The van der Waals surface area contributed by atoms with Crippen LogP contribution in [-0.2, 0) is 17.9 Å². The zero-order valence-electron chi connectivity index (χ0n) is 13.3. The van der Waals surface area contributed by atoms with E-state index in [0.717, 1.165) is 43.4 Å². The maximum absolute atomic E-state index is 5.72. The second-order valence-electron chi connectivity index (χ2n) is 5.91. The SMILES string of the molecule is CCCCOCc1ccc(CNCCSC(C)(C)C)o1. The molecule has 1 aromatic rings. The first kappa shape index (κ1) is 17.6. The Morgan fingerprint density at radius 1 is 1.25 bits per heavy atom. The van der Waals surface area contributed by atoms with E-state index in [4.69, 9.17) is 9.15 Å². The van der Waals surface area contributed by atoms with Crippen molar-refractivity contribution >= 4 is 11.8 Å². The monoisotopic (exact) mass is 299 g/mol. The van der Waals surface area contributed by atoms with Gasteiger partial charge in [0.15, 0.2) is 0 Å². The Balaban J connectivity index is 2.11. The van der Waals surface area contributed by atoms with Crippen LogP contribution in [0.25, 0.3) is 0 Å². The van der Waals surface area contributed by atoms with Gasteiger partial charge in [0.1, 0.15) is 18.1 Å². The van der Waals surface area contributed by atoms with Gasteiger partial charge in [0.2, 0.25) is 0 Å². The highest BCUT2D eigenvalue weighted by Gasteiger charge is 2.09. The van der Waals surface area contributed by atoms with Crippen molar-refractivity contribution in [2.45, 2.75) is 58.4 Å². The summed E-state index contributed by atoms with van der Waals surface area (Å²) in [6.45, 7) is 12.1. The average Bonchev–Trinajstić information content (AvgIpc) is 2.81. The van der Waals surface area contributed by atoms with Gasteiger partial charge in [-0.05, 0) is 18.6 Å². The summed E-state index contributed by atoms with van der Waals surface area (Å²) in [5.74, 6) is 3.03. The molecule has 0 fully saturated rings. The molecule has 1 rings (SSSR count). The molecule has 0 aliphatic carbocycles. The smallest absolute Gasteiger partial charge is 0.129 e. The van der Waals surface area contributed by atoms with Crippen LogP contribution in [0.3, 0.4) is 0 Å². The molecule has 0 amide bonds. The third-order valence-electron chi connectivity index (χ3n) is 2.72. The molecule has 1 aromatic heterocycles. The lowest BCUT2D eigenvalue weighted by Crippen LogP contribution is -2.19. The number of hydrogen-bond acceptors (Lipinski definition) is 4. The molecule has 0 unspecified atom stereocenters. The van der Waals surface area contributed by atoms with Gasteiger partial charge >= 0.3 is 0 Å². The maximum Gasteiger partial charge on any atom is 0.129 e. The van der Waals surface area contributed by atoms with Gasteiger partial charge in [-0.2, -0.15) is 11.8 Å². The Kier molecular flexibility index (Phi) is 8.34. The minimum absolute atomic E-state index is 0.343. The van der Waals surface area contributed by atoms with Crippen molar-refractivity contribution in [3.63, 3.8) is 0 Å². The highest BCUT2D eigenvalue weighted by molar-refractivity contribution is 8.00. The van der Waals surface area contributed by atoms with E-state index in [-0.39, 0.29) is 0 Å². The lowest BCUT2D eigenvalue weighted by molar-refractivity contribution is 0.103. The van der Waals surface area contributed by atoms with Gasteiger partial charge in [0.25, 0.3) is 0 Å². The second kappa shape index (κ2) is 9.48. The normalized spacial score (nSPS) is 12.0. The molecule has 0 aliphatic rings. The Bertz CT molecular complexity index is 358. The predicted octanol–water partition coefficient (Wildman–Crippen LogP) is 4.22. The van der Waals surface area contributed by atoms with Gasteiger partial charge in [-0.3, -0.25) is 0 Å². The molecule has 4 heteroatoms. The van der Waals surface area contributed by atoms with Crippen LogP contribution in [0.5, 0.6) is 0 Å². The van der Waals surface area contributed by atoms with Gasteiger partial charge in [0, 0.05) is 23.7 Å². The fourth-order valence-electron chi connectivity index (χ4n) is 1.66. The number of thioether (sulfide) groups is 1. The first-order valence-corrected chi connectivity index (χ1v) is 8.50. The second-order valence-corrected chi connectivity index (χ2v) is 7.83. The number of furan rings is 1. The molecular weight excluding hydrogens is 270 g/mol. The van der Waals surface area contributed by atoms with E-state index in [9.17, 15) is 0 Å². The number of nitrogens with one attached hydrogen (secondary N) is 1. The van der Waals surface area contributed by atoms with Crippen LogP contribution in [0.4, 0.5) is 0 Å². The number of rotatable bonds is 10. The van der Waals surface area contributed by atoms with Crippen molar-refractivity contribution in [2.75, 3.05) is 18.9 Å². The number of unbranched alkanes of at least 4 members (excludes halogenated alkanes) is 1. The molecule has 116 valence electrons. The molecule has 0 aliphatic heterocycles. The Labute approximate surface area is 127 Å². The highest BCUT2D eigenvalue weighted by Crippen LogP contribution is 2.22. The van der Waals surface area contributed by atoms with Crippen LogP contribution in [-0.4, -0.2) is 23.7 Å². The highest BCUT2D eigenvalue weighted by atomic mass is 32.2. The van der Waals surface area contributed by atoms with Crippen LogP contribution in [0.2, 0.25) is 0 Å². The molecular formula is C16H29NO2S. The molecule has 0 bridgehead atoms. The molecule has 0 saturated heterocycles. The lowest BCUT2D eigenvalue weighted by Gasteiger charge is -2.17. The van der Waals surface area contributed by atoms with E-state index in [0.29, 0.717) is 11.4 Å². The van der Waals surface area contributed by atoms with E-state index >= 15 is 0 Å². The summed E-state index contributed by atoms with van der Waals surface area (Å²) in [6, 6.07) is 4.04. The van der Waals surface area contributed by atoms with Crippen molar-refractivity contribution < 1.29 is 9.15 Å². The van der Waals surface area contributed by atoms with Crippen molar-refractivity contribution in [3.8, 4) is 0 Å². The quantitative estimate of drug-likeness (QED) is 0.656. The molecule has 0 aromatic carbocycles. The van der Waals surface area contributed by atoms with Crippen molar-refractivity contribution in [1.29, 1.82) is 0 Å². The van der Waals surface area contributed by atoms with E-state index < -0.39 is 0 Å². The van der Waals surface area contributed by atoms with Crippen molar-refractivity contribution in [1.82, 2.24) is 5.32 Å². The van der Waals surface area contributed by atoms with E-state index in [2.05, 4.69) is 33.0 Å². The molecule has 0 atom stereocenters. The number of ether oxygens (including phenoxy) is 1. The topological polar surface area (TPSA) is 34.4 Å². The third kappa shape index (κ3) is 8.67. The van der Waals surface area contributed by atoms with Crippen LogP contribution in [0.15, 0.2) is 16.5 Å². The fourth-order valence-corrected chi connectivity index (χ4v) is 2.51. The summed E-state index contributed by atoms with van der Waals surface area (Å²) < 4.78 is 11.6. The van der Waals surface area contributed by atoms with Crippen LogP contribution < -0.4 is 5.32 Å². The summed E-state index contributed by atoms with van der Waals surface area (Å²) in [5.41, 5.74) is 0. The molecule has 1 heterocycles. The first-order chi connectivity index (χ1) is 9.51. The zero-order valence-corrected chi connectivity index (χ0v) is 14.1. The van der Waals surface area contributed by atoms with Gasteiger partial charge in [-0.15, -0.1) is 0 Å². The molecule has 0 saturated carbocycles. The summed E-state index contributed by atoms with van der Waals surface area (Å²) in [7, 11) is 0. The molecule has 1 N–H and O–H groups in total. The molecule has 0 spiro atoms. The largest absolute Gasteiger partial charge is 0.462 e. The molecule has 20 heavy (non-hydrogen) atoms. The van der Waals surface area contributed by atoms with E-state index in [1.165, 1.54) is 6.42 Å². The summed E-state index contributed by atoms with van der Waals surface area (Å²) in [4.78, 5) is 0. The zero-order chi connectivity index (χ0) is 14.8. The standard InChI is InChI=1S/C16H29NO2S/c1-5-6-10-18-13-15-8-7-14(19-15)12-17-9-11-20-16(2,3)4/h7-8,17H,5-6,9-13H2,1-4H3. The minimum Gasteiger partial charge on any atom is -0.462 e. The lowest BCUT2D eigenvalue weighted by atomic mass is 10.3. The Morgan fingerprint density at radius 2 is 2.00 bits per heavy atom. The Hall–Kier alpha value is -0.450. The molecule has 0 radical (unpaired) electrons.